The highest BCUT2D eigenvalue weighted by atomic mass is 79.9. The predicted molar refractivity (Wildman–Crippen MR) is 78.8 cm³/mol. The number of nitrogens with one attached hydrogen (secondary N) is 1. The fourth-order valence-corrected chi connectivity index (χ4v) is 3.35. The van der Waals surface area contributed by atoms with Crippen LogP contribution >= 0.6 is 27.5 Å². The molecular weight excluding hydrogens is 317 g/mol. The topological polar surface area (TPSA) is 12.0 Å². The quantitative estimate of drug-likeness (QED) is 0.740. The van der Waals surface area contributed by atoms with Gasteiger partial charge in [0.2, 0.25) is 0 Å². The predicted octanol–water partition coefficient (Wildman–Crippen LogP) is 5.62. The Hall–Kier alpha value is -0.280. The summed E-state index contributed by atoms with van der Waals surface area (Å²) < 4.78 is 13.8. The van der Waals surface area contributed by atoms with E-state index in [9.17, 15) is 4.39 Å². The fourth-order valence-electron chi connectivity index (χ4n) is 2.43. The van der Waals surface area contributed by atoms with Gasteiger partial charge in [-0.25, -0.2) is 4.39 Å². The average molecular weight is 335 g/mol. The summed E-state index contributed by atoms with van der Waals surface area (Å²) in [6.07, 6.45) is 4.68. The molecule has 2 rings (SSSR count). The highest BCUT2D eigenvalue weighted by Crippen LogP contribution is 2.38. The van der Waals surface area contributed by atoms with Crippen LogP contribution in [0.4, 0.5) is 10.1 Å². The van der Waals surface area contributed by atoms with Crippen LogP contribution in [0.2, 0.25) is 5.02 Å². The summed E-state index contributed by atoms with van der Waals surface area (Å²) in [6.45, 7) is 4.62. The first-order valence-electron chi connectivity index (χ1n) is 6.28. The van der Waals surface area contributed by atoms with Crippen molar-refractivity contribution in [2.75, 3.05) is 5.32 Å². The Kier molecular flexibility index (Phi) is 4.22. The molecule has 18 heavy (non-hydrogen) atoms. The molecule has 0 saturated heterocycles. The standard InChI is InChI=1S/C14H18BrClFN/c1-14(2)5-3-10(4-6-14)18-13-11(15)7-9(17)8-12(13)16/h7-8,10,18H,3-6H2,1-2H3. The lowest BCUT2D eigenvalue weighted by atomic mass is 9.75. The molecule has 1 fully saturated rings. The maximum atomic E-state index is 13.1. The zero-order valence-corrected chi connectivity index (χ0v) is 13.0. The van der Waals surface area contributed by atoms with Gasteiger partial charge in [0.05, 0.1) is 10.7 Å². The Labute approximate surface area is 121 Å². The second-order valence-electron chi connectivity index (χ2n) is 5.83. The summed E-state index contributed by atoms with van der Waals surface area (Å²) in [5, 5.41) is 3.87. The zero-order valence-electron chi connectivity index (χ0n) is 10.7. The van der Waals surface area contributed by atoms with Gasteiger partial charge in [0, 0.05) is 10.5 Å². The van der Waals surface area contributed by atoms with E-state index in [0.29, 0.717) is 21.0 Å². The van der Waals surface area contributed by atoms with Gasteiger partial charge in [-0.1, -0.05) is 25.4 Å². The zero-order chi connectivity index (χ0) is 13.3. The third-order valence-corrected chi connectivity index (χ3v) is 4.62. The van der Waals surface area contributed by atoms with Crippen molar-refractivity contribution in [2.45, 2.75) is 45.6 Å². The Morgan fingerprint density at radius 1 is 1.33 bits per heavy atom. The number of anilines is 1. The largest absolute Gasteiger partial charge is 0.380 e. The summed E-state index contributed by atoms with van der Waals surface area (Å²) in [6, 6.07) is 3.22. The Morgan fingerprint density at radius 2 is 1.94 bits per heavy atom. The van der Waals surface area contributed by atoms with Crippen LogP contribution in [-0.2, 0) is 0 Å². The number of hydrogen-bond acceptors (Lipinski definition) is 1. The molecule has 0 amide bonds. The molecule has 0 unspecified atom stereocenters. The van der Waals surface area contributed by atoms with E-state index in [1.165, 1.54) is 25.0 Å². The average Bonchev–Trinajstić information content (AvgIpc) is 2.25. The molecule has 1 saturated carbocycles. The maximum Gasteiger partial charge on any atom is 0.125 e. The van der Waals surface area contributed by atoms with Gasteiger partial charge >= 0.3 is 0 Å². The molecule has 1 nitrogen and oxygen atoms in total. The van der Waals surface area contributed by atoms with Gasteiger partial charge in [-0.05, 0) is 59.2 Å². The van der Waals surface area contributed by atoms with Gasteiger partial charge in [-0.15, -0.1) is 0 Å². The lowest BCUT2D eigenvalue weighted by Crippen LogP contribution is -2.30. The van der Waals surface area contributed by atoms with Crippen LogP contribution in [-0.4, -0.2) is 6.04 Å². The first-order chi connectivity index (χ1) is 8.37. The van der Waals surface area contributed by atoms with E-state index < -0.39 is 0 Å². The smallest absolute Gasteiger partial charge is 0.125 e. The first kappa shape index (κ1) is 14.1. The number of hydrogen-bond donors (Lipinski definition) is 1. The van der Waals surface area contributed by atoms with E-state index in [1.807, 2.05) is 0 Å². The third kappa shape index (κ3) is 3.39. The second kappa shape index (κ2) is 5.38. The Balaban J connectivity index is 2.07. The van der Waals surface area contributed by atoms with Gasteiger partial charge in [-0.3, -0.25) is 0 Å². The molecule has 0 heterocycles. The van der Waals surface area contributed by atoms with Crippen molar-refractivity contribution in [3.8, 4) is 0 Å². The molecule has 0 spiro atoms. The van der Waals surface area contributed by atoms with Crippen LogP contribution < -0.4 is 5.32 Å². The SMILES string of the molecule is CC1(C)CCC(Nc2c(Cl)cc(F)cc2Br)CC1. The van der Waals surface area contributed by atoms with Crippen molar-refractivity contribution < 1.29 is 4.39 Å². The van der Waals surface area contributed by atoms with Crippen molar-refractivity contribution >= 4 is 33.2 Å². The van der Waals surface area contributed by atoms with Gasteiger partial charge in [0.25, 0.3) is 0 Å². The molecule has 0 aliphatic heterocycles. The molecule has 100 valence electrons. The molecule has 1 N–H and O–H groups in total. The van der Waals surface area contributed by atoms with E-state index in [0.717, 1.165) is 18.5 Å². The molecule has 0 atom stereocenters. The monoisotopic (exact) mass is 333 g/mol. The van der Waals surface area contributed by atoms with Crippen LogP contribution in [0, 0.1) is 11.2 Å². The van der Waals surface area contributed by atoms with E-state index >= 15 is 0 Å². The Morgan fingerprint density at radius 3 is 2.50 bits per heavy atom. The van der Waals surface area contributed by atoms with Crippen molar-refractivity contribution in [1.29, 1.82) is 0 Å². The van der Waals surface area contributed by atoms with Crippen molar-refractivity contribution in [2.24, 2.45) is 5.41 Å². The summed E-state index contributed by atoms with van der Waals surface area (Å²) in [5.41, 5.74) is 1.25. The minimum absolute atomic E-state index is 0.317. The van der Waals surface area contributed by atoms with E-state index in [2.05, 4.69) is 35.1 Å². The molecule has 1 aliphatic carbocycles. The molecule has 0 aromatic heterocycles. The van der Waals surface area contributed by atoms with Crippen molar-refractivity contribution in [3.05, 3.63) is 27.4 Å². The molecular formula is C14H18BrClFN. The molecule has 1 aromatic rings. The van der Waals surface area contributed by atoms with Crippen molar-refractivity contribution in [1.82, 2.24) is 0 Å². The molecule has 0 bridgehead atoms. The van der Waals surface area contributed by atoms with Gasteiger partial charge in [0.1, 0.15) is 5.82 Å². The van der Waals surface area contributed by atoms with Crippen molar-refractivity contribution in [3.63, 3.8) is 0 Å². The van der Waals surface area contributed by atoms with Crippen LogP contribution in [0.3, 0.4) is 0 Å². The highest BCUT2D eigenvalue weighted by Gasteiger charge is 2.27. The highest BCUT2D eigenvalue weighted by molar-refractivity contribution is 9.10. The molecule has 4 heteroatoms. The number of benzene rings is 1. The minimum Gasteiger partial charge on any atom is -0.380 e. The van der Waals surface area contributed by atoms with Crippen LogP contribution in [0.5, 0.6) is 0 Å². The van der Waals surface area contributed by atoms with Crippen LogP contribution in [0.25, 0.3) is 0 Å². The summed E-state index contributed by atoms with van der Waals surface area (Å²) >= 11 is 9.44. The second-order valence-corrected chi connectivity index (χ2v) is 7.09. The Bertz CT molecular complexity index is 414. The van der Waals surface area contributed by atoms with Gasteiger partial charge in [0.15, 0.2) is 0 Å². The summed E-state index contributed by atoms with van der Waals surface area (Å²) in [7, 11) is 0. The van der Waals surface area contributed by atoms with E-state index in [1.54, 1.807) is 0 Å². The molecule has 1 aliphatic rings. The number of rotatable bonds is 2. The lowest BCUT2D eigenvalue weighted by Gasteiger charge is -2.35. The van der Waals surface area contributed by atoms with Crippen LogP contribution in [0.1, 0.15) is 39.5 Å². The summed E-state index contributed by atoms with van der Waals surface area (Å²) in [4.78, 5) is 0. The minimum atomic E-state index is -0.317. The van der Waals surface area contributed by atoms with E-state index in [-0.39, 0.29) is 5.82 Å². The van der Waals surface area contributed by atoms with E-state index in [4.69, 9.17) is 11.6 Å². The molecule has 0 radical (unpaired) electrons. The van der Waals surface area contributed by atoms with Crippen LogP contribution in [0.15, 0.2) is 16.6 Å². The van der Waals surface area contributed by atoms with Gasteiger partial charge in [-0.2, -0.15) is 0 Å². The lowest BCUT2D eigenvalue weighted by molar-refractivity contribution is 0.232. The number of halogens is 3. The van der Waals surface area contributed by atoms with Gasteiger partial charge < -0.3 is 5.32 Å². The maximum absolute atomic E-state index is 13.1. The fraction of sp³-hybridized carbons (Fsp3) is 0.571. The molecule has 1 aromatic carbocycles. The summed E-state index contributed by atoms with van der Waals surface area (Å²) in [5.74, 6) is -0.317. The third-order valence-electron chi connectivity index (χ3n) is 3.69. The first-order valence-corrected chi connectivity index (χ1v) is 7.45. The normalized spacial score (nSPS) is 19.8.